The maximum atomic E-state index is 12.7. The first-order chi connectivity index (χ1) is 9.56. The van der Waals surface area contributed by atoms with E-state index < -0.39 is 12.1 Å². The van der Waals surface area contributed by atoms with Crippen LogP contribution >= 0.6 is 0 Å². The number of rotatable bonds is 6. The minimum Gasteiger partial charge on any atom is -0.357 e. The summed E-state index contributed by atoms with van der Waals surface area (Å²) < 4.78 is 12.7. The maximum Gasteiger partial charge on any atom is 0.315 e. The summed E-state index contributed by atoms with van der Waals surface area (Å²) >= 11 is 0. The number of benzene rings is 1. The average molecular weight is 281 g/mol. The number of hydrogen-bond acceptors (Lipinski definition) is 2. The quantitative estimate of drug-likeness (QED) is 0.740. The average Bonchev–Trinajstić information content (AvgIpc) is 2.45. The van der Waals surface area contributed by atoms with Crippen LogP contribution in [0, 0.1) is 5.82 Å². The molecule has 1 atom stereocenters. The summed E-state index contributed by atoms with van der Waals surface area (Å²) in [4.78, 5) is 23.3. The van der Waals surface area contributed by atoms with Gasteiger partial charge in [-0.05, 0) is 24.1 Å². The van der Waals surface area contributed by atoms with Gasteiger partial charge in [-0.3, -0.25) is 4.79 Å². The van der Waals surface area contributed by atoms with Gasteiger partial charge in [-0.1, -0.05) is 25.5 Å². The molecule has 0 aliphatic rings. The van der Waals surface area contributed by atoms with Crippen LogP contribution in [0.15, 0.2) is 24.3 Å². The van der Waals surface area contributed by atoms with Gasteiger partial charge in [-0.2, -0.15) is 0 Å². The Morgan fingerprint density at radius 3 is 2.45 bits per heavy atom. The van der Waals surface area contributed by atoms with Gasteiger partial charge in [-0.25, -0.2) is 9.18 Å². The molecule has 1 rings (SSSR count). The second kappa shape index (κ2) is 8.14. The second-order valence-corrected chi connectivity index (χ2v) is 4.41. The molecule has 0 heterocycles. The van der Waals surface area contributed by atoms with Gasteiger partial charge in [0.25, 0.3) is 0 Å². The lowest BCUT2D eigenvalue weighted by Gasteiger charge is -2.17. The molecule has 1 unspecified atom stereocenters. The monoisotopic (exact) mass is 281 g/mol. The van der Waals surface area contributed by atoms with E-state index in [-0.39, 0.29) is 18.3 Å². The van der Waals surface area contributed by atoms with E-state index in [0.717, 1.165) is 12.0 Å². The number of carbonyl (C=O) groups is 2. The molecule has 0 saturated carbocycles. The van der Waals surface area contributed by atoms with Crippen LogP contribution in [0.1, 0.15) is 25.3 Å². The molecule has 6 heteroatoms. The Hall–Kier alpha value is -2.11. The molecule has 0 aliphatic carbocycles. The SMILES string of the molecule is CCCC(NC(=O)NCc1ccc(F)cc1)C(=O)NC. The van der Waals surface area contributed by atoms with Gasteiger partial charge in [0.15, 0.2) is 0 Å². The molecule has 0 saturated heterocycles. The number of likely N-dealkylation sites (N-methyl/N-ethyl adjacent to an activating group) is 1. The number of hydrogen-bond donors (Lipinski definition) is 3. The molecule has 0 spiro atoms. The lowest BCUT2D eigenvalue weighted by Crippen LogP contribution is -2.49. The fourth-order valence-electron chi connectivity index (χ4n) is 1.73. The Balaban J connectivity index is 2.45. The number of nitrogens with one attached hydrogen (secondary N) is 3. The lowest BCUT2D eigenvalue weighted by atomic mass is 10.1. The minimum absolute atomic E-state index is 0.219. The summed E-state index contributed by atoms with van der Waals surface area (Å²) in [5, 5.41) is 7.76. The second-order valence-electron chi connectivity index (χ2n) is 4.41. The predicted octanol–water partition coefficient (Wildman–Crippen LogP) is 1.54. The van der Waals surface area contributed by atoms with E-state index in [2.05, 4.69) is 16.0 Å². The highest BCUT2D eigenvalue weighted by molar-refractivity contribution is 5.86. The van der Waals surface area contributed by atoms with Crippen LogP contribution in [0.3, 0.4) is 0 Å². The Morgan fingerprint density at radius 1 is 1.25 bits per heavy atom. The van der Waals surface area contributed by atoms with E-state index in [4.69, 9.17) is 0 Å². The van der Waals surface area contributed by atoms with E-state index >= 15 is 0 Å². The molecular weight excluding hydrogens is 261 g/mol. The zero-order valence-electron chi connectivity index (χ0n) is 11.7. The molecule has 0 bridgehead atoms. The number of amides is 3. The number of urea groups is 1. The molecule has 0 fully saturated rings. The Labute approximate surface area is 117 Å². The van der Waals surface area contributed by atoms with Crippen molar-refractivity contribution in [3.05, 3.63) is 35.6 Å². The summed E-state index contributed by atoms with van der Waals surface area (Å²) in [6.45, 7) is 2.22. The molecule has 3 amide bonds. The fourth-order valence-corrected chi connectivity index (χ4v) is 1.73. The minimum atomic E-state index is -0.543. The van der Waals surface area contributed by atoms with Crippen molar-refractivity contribution in [2.75, 3.05) is 7.05 Å². The third-order valence-electron chi connectivity index (χ3n) is 2.81. The summed E-state index contributed by atoms with van der Waals surface area (Å²) in [6, 6.07) is 4.89. The molecule has 110 valence electrons. The first-order valence-electron chi connectivity index (χ1n) is 6.57. The van der Waals surface area contributed by atoms with Crippen molar-refractivity contribution in [2.45, 2.75) is 32.4 Å². The van der Waals surface area contributed by atoms with Crippen LogP contribution in [0.25, 0.3) is 0 Å². The maximum absolute atomic E-state index is 12.7. The van der Waals surface area contributed by atoms with E-state index in [1.54, 1.807) is 12.1 Å². The van der Waals surface area contributed by atoms with Crippen molar-refractivity contribution in [3.8, 4) is 0 Å². The van der Waals surface area contributed by atoms with Crippen LogP contribution in [0.4, 0.5) is 9.18 Å². The summed E-state index contributed by atoms with van der Waals surface area (Å²) in [5.41, 5.74) is 0.786. The molecule has 0 aliphatic heterocycles. The highest BCUT2D eigenvalue weighted by Gasteiger charge is 2.18. The normalized spacial score (nSPS) is 11.6. The number of halogens is 1. The first kappa shape index (κ1) is 15.9. The Kier molecular flexibility index (Phi) is 6.49. The Bertz CT molecular complexity index is 448. The predicted molar refractivity (Wildman–Crippen MR) is 74.5 cm³/mol. The van der Waals surface area contributed by atoms with E-state index in [1.165, 1.54) is 19.2 Å². The van der Waals surface area contributed by atoms with Gasteiger partial charge in [-0.15, -0.1) is 0 Å². The number of carbonyl (C=O) groups excluding carboxylic acids is 2. The highest BCUT2D eigenvalue weighted by atomic mass is 19.1. The van der Waals surface area contributed by atoms with Crippen LogP contribution < -0.4 is 16.0 Å². The van der Waals surface area contributed by atoms with Crippen LogP contribution in [0.2, 0.25) is 0 Å². The molecule has 1 aromatic carbocycles. The Morgan fingerprint density at radius 2 is 1.90 bits per heavy atom. The molecule has 3 N–H and O–H groups in total. The molecule has 0 aromatic heterocycles. The largest absolute Gasteiger partial charge is 0.357 e. The van der Waals surface area contributed by atoms with Crippen LogP contribution in [-0.2, 0) is 11.3 Å². The standard InChI is InChI=1S/C14H20FN3O2/c1-3-4-12(13(19)16-2)18-14(20)17-9-10-5-7-11(15)8-6-10/h5-8,12H,3-4,9H2,1-2H3,(H,16,19)(H2,17,18,20). The van der Waals surface area contributed by atoms with E-state index in [0.29, 0.717) is 6.42 Å². The van der Waals surface area contributed by atoms with E-state index in [9.17, 15) is 14.0 Å². The van der Waals surface area contributed by atoms with Crippen molar-refractivity contribution in [3.63, 3.8) is 0 Å². The zero-order chi connectivity index (χ0) is 15.0. The van der Waals surface area contributed by atoms with Crippen molar-refractivity contribution < 1.29 is 14.0 Å². The third kappa shape index (κ3) is 5.26. The van der Waals surface area contributed by atoms with E-state index in [1.807, 2.05) is 6.92 Å². The van der Waals surface area contributed by atoms with Crippen molar-refractivity contribution >= 4 is 11.9 Å². The van der Waals surface area contributed by atoms with Gasteiger partial charge in [0.1, 0.15) is 11.9 Å². The summed E-state index contributed by atoms with van der Waals surface area (Å²) in [7, 11) is 1.53. The fraction of sp³-hybridized carbons (Fsp3) is 0.429. The zero-order valence-corrected chi connectivity index (χ0v) is 11.7. The van der Waals surface area contributed by atoms with Crippen molar-refractivity contribution in [1.82, 2.24) is 16.0 Å². The topological polar surface area (TPSA) is 70.2 Å². The molecule has 5 nitrogen and oxygen atoms in total. The van der Waals surface area contributed by atoms with Gasteiger partial charge in [0.05, 0.1) is 0 Å². The van der Waals surface area contributed by atoms with Crippen LogP contribution in [-0.4, -0.2) is 25.0 Å². The van der Waals surface area contributed by atoms with Gasteiger partial charge in [0, 0.05) is 13.6 Å². The molecule has 20 heavy (non-hydrogen) atoms. The van der Waals surface area contributed by atoms with Crippen molar-refractivity contribution in [1.29, 1.82) is 0 Å². The van der Waals surface area contributed by atoms with Crippen LogP contribution in [0.5, 0.6) is 0 Å². The van der Waals surface area contributed by atoms with Gasteiger partial charge < -0.3 is 16.0 Å². The lowest BCUT2D eigenvalue weighted by molar-refractivity contribution is -0.122. The first-order valence-corrected chi connectivity index (χ1v) is 6.57. The molecule has 1 aromatic rings. The van der Waals surface area contributed by atoms with Gasteiger partial charge in [0.2, 0.25) is 5.91 Å². The summed E-state index contributed by atoms with van der Waals surface area (Å²) in [5.74, 6) is -0.537. The van der Waals surface area contributed by atoms with Gasteiger partial charge >= 0.3 is 6.03 Å². The third-order valence-corrected chi connectivity index (χ3v) is 2.81. The smallest absolute Gasteiger partial charge is 0.315 e. The van der Waals surface area contributed by atoms with Crippen molar-refractivity contribution in [2.24, 2.45) is 0 Å². The molecule has 0 radical (unpaired) electrons. The summed E-state index contributed by atoms with van der Waals surface area (Å²) in [6.07, 6.45) is 1.36. The highest BCUT2D eigenvalue weighted by Crippen LogP contribution is 2.02. The molecular formula is C14H20FN3O2.